The van der Waals surface area contributed by atoms with Crippen LogP contribution in [0.4, 0.5) is 5.69 Å². The molecule has 26 heavy (non-hydrogen) atoms. The lowest BCUT2D eigenvalue weighted by Gasteiger charge is -2.25. The zero-order valence-electron chi connectivity index (χ0n) is 14.9. The van der Waals surface area contributed by atoms with E-state index >= 15 is 0 Å². The van der Waals surface area contributed by atoms with Crippen LogP contribution in [0.2, 0.25) is 0 Å². The maximum Gasteiger partial charge on any atom is 0.238 e. The van der Waals surface area contributed by atoms with Crippen molar-refractivity contribution in [3.05, 3.63) is 47.9 Å². The molecule has 2 aliphatic rings. The summed E-state index contributed by atoms with van der Waals surface area (Å²) in [4.78, 5) is 27.5. The molecule has 1 N–H and O–H groups in total. The molecule has 0 unspecified atom stereocenters. The molecule has 0 radical (unpaired) electrons. The van der Waals surface area contributed by atoms with Crippen molar-refractivity contribution in [1.82, 2.24) is 4.90 Å². The first-order valence-corrected chi connectivity index (χ1v) is 9.78. The predicted molar refractivity (Wildman–Crippen MR) is 101 cm³/mol. The summed E-state index contributed by atoms with van der Waals surface area (Å²) in [5.74, 6) is 2.87. The van der Waals surface area contributed by atoms with Crippen molar-refractivity contribution in [2.24, 2.45) is 5.92 Å². The van der Waals surface area contributed by atoms with E-state index in [0.29, 0.717) is 18.4 Å². The van der Waals surface area contributed by atoms with Crippen LogP contribution in [0.1, 0.15) is 37.2 Å². The van der Waals surface area contributed by atoms with Gasteiger partial charge in [0, 0.05) is 24.3 Å². The molecule has 0 bridgehead atoms. The summed E-state index contributed by atoms with van der Waals surface area (Å²) in [6, 6.07) is 11.6. The van der Waals surface area contributed by atoms with Crippen LogP contribution in [0.15, 0.2) is 45.7 Å². The number of hydrogen-bond acceptors (Lipinski definition) is 4. The van der Waals surface area contributed by atoms with Gasteiger partial charge in [0.25, 0.3) is 0 Å². The summed E-state index contributed by atoms with van der Waals surface area (Å²) in [6.45, 7) is 2.64. The van der Waals surface area contributed by atoms with Crippen LogP contribution < -0.4 is 5.32 Å². The Bertz CT molecular complexity index is 847. The molecule has 0 saturated heterocycles. The number of benzene rings is 1. The van der Waals surface area contributed by atoms with Gasteiger partial charge in [-0.1, -0.05) is 19.1 Å². The van der Waals surface area contributed by atoms with Crippen molar-refractivity contribution < 1.29 is 14.0 Å². The van der Waals surface area contributed by atoms with Crippen LogP contribution in [0.25, 0.3) is 0 Å². The first-order chi connectivity index (χ1) is 12.5. The van der Waals surface area contributed by atoms with E-state index in [1.54, 1.807) is 11.9 Å². The Kier molecular flexibility index (Phi) is 4.53. The van der Waals surface area contributed by atoms with Gasteiger partial charge >= 0.3 is 0 Å². The molecule has 136 valence electrons. The van der Waals surface area contributed by atoms with Gasteiger partial charge in [-0.2, -0.15) is 0 Å². The van der Waals surface area contributed by atoms with Crippen molar-refractivity contribution in [2.45, 2.75) is 42.4 Å². The molecule has 2 aromatic rings. The summed E-state index contributed by atoms with van der Waals surface area (Å²) < 4.78 is 5.88. The summed E-state index contributed by atoms with van der Waals surface area (Å²) in [5, 5.41) is 2.48. The van der Waals surface area contributed by atoms with E-state index in [0.717, 1.165) is 22.1 Å². The molecular formula is C20H22N2O3S. The summed E-state index contributed by atoms with van der Waals surface area (Å²) >= 11 is 1.45. The number of nitrogens with zero attached hydrogens (tertiary/aromatic N) is 1. The molecule has 2 amide bonds. The van der Waals surface area contributed by atoms with E-state index in [9.17, 15) is 9.59 Å². The number of anilines is 1. The molecule has 1 aliphatic heterocycles. The fourth-order valence-electron chi connectivity index (χ4n) is 3.26. The molecule has 1 aliphatic carbocycles. The number of hydrogen-bond donors (Lipinski definition) is 1. The molecule has 1 aromatic heterocycles. The van der Waals surface area contributed by atoms with E-state index in [1.807, 2.05) is 36.4 Å². The maximum atomic E-state index is 12.6. The van der Waals surface area contributed by atoms with E-state index in [4.69, 9.17) is 4.42 Å². The van der Waals surface area contributed by atoms with Crippen molar-refractivity contribution >= 4 is 29.3 Å². The topological polar surface area (TPSA) is 62.6 Å². The Morgan fingerprint density at radius 2 is 2.08 bits per heavy atom. The molecule has 5 nitrogen and oxygen atoms in total. The Hall–Kier alpha value is -2.21. The predicted octanol–water partition coefficient (Wildman–Crippen LogP) is 3.86. The van der Waals surface area contributed by atoms with Crippen LogP contribution >= 0.6 is 11.8 Å². The minimum absolute atomic E-state index is 0.0604. The van der Waals surface area contributed by atoms with E-state index < -0.39 is 5.25 Å². The fraction of sp³-hybridized carbons (Fsp3) is 0.400. The average Bonchev–Trinajstić information content (AvgIpc) is 3.17. The number of carbonyl (C=O) groups is 2. The zero-order chi connectivity index (χ0) is 18.3. The normalized spacial score (nSPS) is 23.9. The molecule has 4 rings (SSSR count). The quantitative estimate of drug-likeness (QED) is 0.868. The van der Waals surface area contributed by atoms with Crippen molar-refractivity contribution in [1.29, 1.82) is 0 Å². The van der Waals surface area contributed by atoms with Gasteiger partial charge in [0.2, 0.25) is 11.8 Å². The Morgan fingerprint density at radius 3 is 2.85 bits per heavy atom. The van der Waals surface area contributed by atoms with E-state index in [2.05, 4.69) is 12.2 Å². The van der Waals surface area contributed by atoms with Crippen molar-refractivity contribution in [3.63, 3.8) is 0 Å². The lowest BCUT2D eigenvalue weighted by Crippen LogP contribution is -2.35. The molecule has 1 saturated carbocycles. The monoisotopic (exact) mass is 370 g/mol. The van der Waals surface area contributed by atoms with Gasteiger partial charge in [-0.15, -0.1) is 11.8 Å². The Morgan fingerprint density at radius 1 is 1.31 bits per heavy atom. The smallest absolute Gasteiger partial charge is 0.238 e. The molecule has 3 atom stereocenters. The summed E-state index contributed by atoms with van der Waals surface area (Å²) in [7, 11) is 1.75. The molecule has 0 spiro atoms. The molecule has 1 aromatic carbocycles. The van der Waals surface area contributed by atoms with Crippen LogP contribution in [-0.4, -0.2) is 29.0 Å². The lowest BCUT2D eigenvalue weighted by atomic mass is 10.2. The Labute approximate surface area is 157 Å². The molecular weight excluding hydrogens is 348 g/mol. The second-order valence-corrected chi connectivity index (χ2v) is 8.41. The van der Waals surface area contributed by atoms with Crippen molar-refractivity contribution in [3.8, 4) is 0 Å². The zero-order valence-corrected chi connectivity index (χ0v) is 15.7. The van der Waals surface area contributed by atoms with Crippen LogP contribution in [-0.2, 0) is 16.1 Å². The van der Waals surface area contributed by atoms with Gasteiger partial charge in [-0.25, -0.2) is 0 Å². The standard InChI is InChI=1S/C20H22N2O3S/c1-12-9-14(12)16-8-7-13(25-16)11-22(2)19(23)10-18-20(24)21-15-5-3-4-6-17(15)26-18/h3-8,12,14,18H,9-11H2,1-2H3,(H,21,24)/t12-,14-,18-/m1/s1. The third-order valence-electron chi connectivity index (χ3n) is 5.04. The first kappa shape index (κ1) is 17.2. The number of fused-ring (bicyclic) bond motifs is 1. The number of rotatable bonds is 5. The largest absolute Gasteiger partial charge is 0.464 e. The lowest BCUT2D eigenvalue weighted by molar-refractivity contribution is -0.132. The summed E-state index contributed by atoms with van der Waals surface area (Å²) in [5.41, 5.74) is 0.817. The second-order valence-electron chi connectivity index (χ2n) is 7.17. The van der Waals surface area contributed by atoms with Gasteiger partial charge < -0.3 is 14.6 Å². The van der Waals surface area contributed by atoms with Gasteiger partial charge in [-0.3, -0.25) is 9.59 Å². The Balaban J connectivity index is 1.35. The van der Waals surface area contributed by atoms with Crippen molar-refractivity contribution in [2.75, 3.05) is 12.4 Å². The van der Waals surface area contributed by atoms with Gasteiger partial charge in [0.1, 0.15) is 11.5 Å². The van der Waals surface area contributed by atoms with Crippen LogP contribution in [0.5, 0.6) is 0 Å². The average molecular weight is 370 g/mol. The van der Waals surface area contributed by atoms with Gasteiger partial charge in [-0.05, 0) is 36.6 Å². The number of carbonyl (C=O) groups excluding carboxylic acids is 2. The highest BCUT2D eigenvalue weighted by atomic mass is 32.2. The van der Waals surface area contributed by atoms with E-state index in [-0.39, 0.29) is 18.2 Å². The third kappa shape index (κ3) is 3.51. The fourth-order valence-corrected chi connectivity index (χ4v) is 4.36. The third-order valence-corrected chi connectivity index (χ3v) is 6.32. The number of furan rings is 1. The highest BCUT2D eigenvalue weighted by Gasteiger charge is 2.36. The minimum Gasteiger partial charge on any atom is -0.464 e. The minimum atomic E-state index is -0.403. The number of para-hydroxylation sites is 1. The first-order valence-electron chi connectivity index (χ1n) is 8.90. The number of amides is 2. The highest BCUT2D eigenvalue weighted by Crippen LogP contribution is 2.47. The summed E-state index contributed by atoms with van der Waals surface area (Å²) in [6.07, 6.45) is 1.35. The van der Waals surface area contributed by atoms with Crippen LogP contribution in [0.3, 0.4) is 0 Å². The molecule has 2 heterocycles. The maximum absolute atomic E-state index is 12.6. The van der Waals surface area contributed by atoms with E-state index in [1.165, 1.54) is 18.2 Å². The van der Waals surface area contributed by atoms with Gasteiger partial charge in [0.15, 0.2) is 0 Å². The van der Waals surface area contributed by atoms with Gasteiger partial charge in [0.05, 0.1) is 17.5 Å². The SMILES string of the molecule is C[C@@H]1C[C@H]1c1ccc(CN(C)C(=O)C[C@H]2Sc3ccccc3NC2=O)o1. The number of nitrogens with one attached hydrogen (secondary N) is 1. The second kappa shape index (κ2) is 6.83. The molecule has 6 heteroatoms. The number of thioether (sulfide) groups is 1. The highest BCUT2D eigenvalue weighted by molar-refractivity contribution is 8.01. The molecule has 1 fully saturated rings. The van der Waals surface area contributed by atoms with Crippen LogP contribution in [0, 0.1) is 5.92 Å².